The van der Waals surface area contributed by atoms with Crippen LogP contribution in [0, 0.1) is 5.92 Å². The lowest BCUT2D eigenvalue weighted by Crippen LogP contribution is -2.18. The van der Waals surface area contributed by atoms with Crippen LogP contribution in [0.1, 0.15) is 21.8 Å². The Labute approximate surface area is 205 Å². The highest BCUT2D eigenvalue weighted by Gasteiger charge is 2.67. The molecule has 0 spiro atoms. The van der Waals surface area contributed by atoms with Gasteiger partial charge < -0.3 is 10.6 Å². The van der Waals surface area contributed by atoms with Crippen molar-refractivity contribution in [2.45, 2.75) is 10.3 Å². The Bertz CT molecular complexity index is 1150. The summed E-state index contributed by atoms with van der Waals surface area (Å²) in [5.74, 6) is -2.09. The minimum Gasteiger partial charge on any atom is -0.326 e. The molecular formula is C19H11Cl5N4O2S. The molecule has 1 aromatic heterocycles. The van der Waals surface area contributed by atoms with Crippen molar-refractivity contribution < 1.29 is 9.59 Å². The number of hydrogen-bond donors (Lipinski definition) is 2. The van der Waals surface area contributed by atoms with Crippen molar-refractivity contribution in [1.82, 2.24) is 9.59 Å². The first-order valence-corrected chi connectivity index (χ1v) is 11.4. The molecule has 1 fully saturated rings. The van der Waals surface area contributed by atoms with E-state index in [1.54, 1.807) is 24.3 Å². The lowest BCUT2D eigenvalue weighted by molar-refractivity contribution is -0.117. The molecule has 0 unspecified atom stereocenters. The molecule has 0 bridgehead atoms. The molecule has 31 heavy (non-hydrogen) atoms. The van der Waals surface area contributed by atoms with E-state index in [0.29, 0.717) is 26.3 Å². The summed E-state index contributed by atoms with van der Waals surface area (Å²) in [7, 11) is 0. The molecule has 2 atom stereocenters. The summed E-state index contributed by atoms with van der Waals surface area (Å²) in [6.07, 6.45) is 1.41. The molecule has 0 saturated heterocycles. The highest BCUT2D eigenvalue weighted by molar-refractivity contribution is 7.10. The average Bonchev–Trinajstić information content (AvgIpc) is 2.99. The van der Waals surface area contributed by atoms with Gasteiger partial charge in [0.25, 0.3) is 5.91 Å². The van der Waals surface area contributed by atoms with Gasteiger partial charge in [0.15, 0.2) is 0 Å². The second-order valence-corrected chi connectivity index (χ2v) is 10.3. The van der Waals surface area contributed by atoms with Crippen molar-refractivity contribution in [1.29, 1.82) is 0 Å². The number of amides is 2. The van der Waals surface area contributed by atoms with Gasteiger partial charge in [-0.15, -0.1) is 28.3 Å². The predicted octanol–water partition coefficient (Wildman–Crippen LogP) is 6.28. The molecule has 6 nitrogen and oxygen atoms in total. The Morgan fingerprint density at radius 1 is 1.00 bits per heavy atom. The zero-order chi connectivity index (χ0) is 22.3. The number of aromatic nitrogens is 2. The SMILES string of the molecule is O=C(Nc1cnns1)c1cc(NC(=O)[C@@H]2[C@@H](c3cc(Cl)cc(Cl)c3)C2(Cl)Cl)ccc1Cl. The summed E-state index contributed by atoms with van der Waals surface area (Å²) in [4.78, 5) is 25.4. The second kappa shape index (κ2) is 8.73. The Morgan fingerprint density at radius 3 is 2.35 bits per heavy atom. The van der Waals surface area contributed by atoms with Crippen LogP contribution >= 0.6 is 69.5 Å². The largest absolute Gasteiger partial charge is 0.326 e. The normalized spacial score (nSPS) is 19.0. The maximum atomic E-state index is 12.9. The van der Waals surface area contributed by atoms with Gasteiger partial charge in [-0.05, 0) is 42.0 Å². The fourth-order valence-electron chi connectivity index (χ4n) is 3.22. The zero-order valence-corrected chi connectivity index (χ0v) is 19.8. The second-order valence-electron chi connectivity index (χ2n) is 6.75. The van der Waals surface area contributed by atoms with Crippen molar-refractivity contribution in [3.05, 3.63) is 68.8 Å². The van der Waals surface area contributed by atoms with Gasteiger partial charge >= 0.3 is 0 Å². The van der Waals surface area contributed by atoms with E-state index in [1.165, 1.54) is 18.3 Å². The summed E-state index contributed by atoms with van der Waals surface area (Å²) in [5, 5.41) is 10.5. The van der Waals surface area contributed by atoms with E-state index in [-0.39, 0.29) is 10.6 Å². The Hall–Kier alpha value is -1.61. The number of carbonyl (C=O) groups is 2. The highest BCUT2D eigenvalue weighted by atomic mass is 35.5. The van der Waals surface area contributed by atoms with E-state index in [1.807, 2.05) is 0 Å². The van der Waals surface area contributed by atoms with Crippen molar-refractivity contribution >= 4 is 92.0 Å². The van der Waals surface area contributed by atoms with Crippen LogP contribution in [0.4, 0.5) is 10.7 Å². The molecule has 1 saturated carbocycles. The molecule has 2 amide bonds. The molecule has 0 aliphatic heterocycles. The van der Waals surface area contributed by atoms with Gasteiger partial charge in [0.1, 0.15) is 9.33 Å². The number of hydrogen-bond acceptors (Lipinski definition) is 5. The molecule has 1 aliphatic carbocycles. The van der Waals surface area contributed by atoms with E-state index in [4.69, 9.17) is 58.0 Å². The molecule has 1 aliphatic rings. The van der Waals surface area contributed by atoms with Crippen LogP contribution in [-0.2, 0) is 4.79 Å². The summed E-state index contributed by atoms with van der Waals surface area (Å²) >= 11 is 32.1. The van der Waals surface area contributed by atoms with Crippen LogP contribution in [0.5, 0.6) is 0 Å². The monoisotopic (exact) mass is 534 g/mol. The maximum absolute atomic E-state index is 12.9. The Balaban J connectivity index is 1.51. The first kappa shape index (κ1) is 22.6. The molecule has 2 aromatic carbocycles. The quantitative estimate of drug-likeness (QED) is 0.376. The minimum atomic E-state index is -1.32. The number of rotatable bonds is 5. The number of nitrogens with zero attached hydrogens (tertiary/aromatic N) is 2. The summed E-state index contributed by atoms with van der Waals surface area (Å²) in [6.45, 7) is 0. The number of nitrogens with one attached hydrogen (secondary N) is 2. The van der Waals surface area contributed by atoms with E-state index in [0.717, 1.165) is 11.5 Å². The molecule has 160 valence electrons. The molecule has 1 heterocycles. The standard InChI is InChI=1S/C19H11Cl5N4O2S/c20-9-3-8(4-10(21)5-9)15-16(19(15,23)24)18(30)26-11-1-2-13(22)12(6-11)17(29)27-14-7-25-28-31-14/h1-7,15-16H,(H,26,30)(H,27,29)/t15-,16+/m1/s1. The topological polar surface area (TPSA) is 84.0 Å². The zero-order valence-electron chi connectivity index (χ0n) is 15.2. The van der Waals surface area contributed by atoms with Crippen molar-refractivity contribution in [2.75, 3.05) is 10.6 Å². The smallest absolute Gasteiger partial charge is 0.257 e. The maximum Gasteiger partial charge on any atom is 0.257 e. The number of benzene rings is 2. The van der Waals surface area contributed by atoms with E-state index in [9.17, 15) is 9.59 Å². The lowest BCUT2D eigenvalue weighted by atomic mass is 10.1. The summed E-state index contributed by atoms with van der Waals surface area (Å²) in [5.41, 5.74) is 1.20. The van der Waals surface area contributed by atoms with Crippen molar-refractivity contribution in [3.63, 3.8) is 0 Å². The molecular weight excluding hydrogens is 526 g/mol. The third kappa shape index (κ3) is 4.77. The van der Waals surface area contributed by atoms with Gasteiger partial charge in [-0.1, -0.05) is 39.3 Å². The fraction of sp³-hybridized carbons (Fsp3) is 0.158. The van der Waals surface area contributed by atoms with Crippen LogP contribution in [-0.4, -0.2) is 25.7 Å². The number of carbonyl (C=O) groups excluding carboxylic acids is 2. The van der Waals surface area contributed by atoms with Gasteiger partial charge in [-0.2, -0.15) is 0 Å². The van der Waals surface area contributed by atoms with Crippen LogP contribution in [0.3, 0.4) is 0 Å². The molecule has 3 aromatic rings. The van der Waals surface area contributed by atoms with Gasteiger partial charge in [0.2, 0.25) is 5.91 Å². The van der Waals surface area contributed by atoms with Gasteiger partial charge in [0, 0.05) is 33.2 Å². The molecule has 2 N–H and O–H groups in total. The highest BCUT2D eigenvalue weighted by Crippen LogP contribution is 2.65. The Morgan fingerprint density at radius 2 is 1.71 bits per heavy atom. The summed E-state index contributed by atoms with van der Waals surface area (Å²) < 4.78 is 2.36. The number of alkyl halides is 2. The van der Waals surface area contributed by atoms with E-state index >= 15 is 0 Å². The first-order chi connectivity index (χ1) is 14.7. The molecule has 12 heteroatoms. The Kier molecular flexibility index (Phi) is 6.36. The van der Waals surface area contributed by atoms with E-state index < -0.39 is 28.0 Å². The third-order valence-corrected chi connectivity index (χ3v) is 6.94. The third-order valence-electron chi connectivity index (χ3n) is 4.66. The van der Waals surface area contributed by atoms with Crippen LogP contribution in [0.25, 0.3) is 0 Å². The number of halogens is 5. The van der Waals surface area contributed by atoms with Crippen LogP contribution in [0.2, 0.25) is 15.1 Å². The summed E-state index contributed by atoms with van der Waals surface area (Å²) in [6, 6.07) is 9.46. The van der Waals surface area contributed by atoms with Crippen LogP contribution in [0.15, 0.2) is 42.6 Å². The van der Waals surface area contributed by atoms with E-state index in [2.05, 4.69) is 20.2 Å². The fourth-order valence-corrected chi connectivity index (χ4v) is 5.21. The first-order valence-electron chi connectivity index (χ1n) is 8.69. The lowest BCUT2D eigenvalue weighted by Gasteiger charge is -2.09. The van der Waals surface area contributed by atoms with Gasteiger partial charge in [-0.3, -0.25) is 9.59 Å². The van der Waals surface area contributed by atoms with Gasteiger partial charge in [0.05, 0.1) is 22.7 Å². The minimum absolute atomic E-state index is 0.171. The molecule has 0 radical (unpaired) electrons. The van der Waals surface area contributed by atoms with Crippen molar-refractivity contribution in [3.8, 4) is 0 Å². The predicted molar refractivity (Wildman–Crippen MR) is 125 cm³/mol. The van der Waals surface area contributed by atoms with Crippen molar-refractivity contribution in [2.24, 2.45) is 5.92 Å². The average molecular weight is 537 g/mol. The number of anilines is 2. The molecule has 4 rings (SSSR count). The van der Waals surface area contributed by atoms with Gasteiger partial charge in [-0.25, -0.2) is 0 Å². The van der Waals surface area contributed by atoms with Crippen LogP contribution < -0.4 is 10.6 Å².